The van der Waals surface area contributed by atoms with Crippen molar-refractivity contribution in [3.63, 3.8) is 0 Å². The van der Waals surface area contributed by atoms with Gasteiger partial charge >= 0.3 is 12.4 Å². The van der Waals surface area contributed by atoms with E-state index in [1.54, 1.807) is 0 Å². The van der Waals surface area contributed by atoms with Gasteiger partial charge in [-0.15, -0.1) is 0 Å². The zero-order chi connectivity index (χ0) is 9.28. The molecule has 0 aromatic heterocycles. The summed E-state index contributed by atoms with van der Waals surface area (Å²) in [4.78, 5) is 0. The first-order valence-corrected chi connectivity index (χ1v) is 3.65. The Morgan fingerprint density at radius 2 is 1.36 bits per heavy atom. The summed E-state index contributed by atoms with van der Waals surface area (Å²) in [5.41, 5.74) is 0. The maximum Gasteiger partial charge on any atom is 0.400 e. The van der Waals surface area contributed by atoms with Crippen LogP contribution in [0.15, 0.2) is 0 Å². The Labute approximate surface area is 72.1 Å². The van der Waals surface area contributed by atoms with Crippen LogP contribution in [-0.4, -0.2) is 16.3 Å². The number of hydrogen-bond acceptors (Lipinski definition) is 0. The molecule has 1 unspecified atom stereocenters. The fourth-order valence-corrected chi connectivity index (χ4v) is 0.818. The van der Waals surface area contributed by atoms with Crippen molar-refractivity contribution in [1.82, 2.24) is 0 Å². The van der Waals surface area contributed by atoms with Crippen LogP contribution in [0.5, 0.6) is 0 Å². The molecule has 0 radical (unpaired) electrons. The van der Waals surface area contributed by atoms with Gasteiger partial charge in [0.1, 0.15) is 3.92 Å². The summed E-state index contributed by atoms with van der Waals surface area (Å²) in [5.74, 6) is 0. The maximum absolute atomic E-state index is 11.5. The molecular formula is C4H3F6I. The topological polar surface area (TPSA) is 0 Å². The molecule has 0 rings (SSSR count). The van der Waals surface area contributed by atoms with Crippen LogP contribution in [0.1, 0.15) is 6.42 Å². The molecule has 0 fully saturated rings. The largest absolute Gasteiger partial charge is 0.400 e. The zero-order valence-electron chi connectivity index (χ0n) is 4.93. The van der Waals surface area contributed by atoms with Crippen molar-refractivity contribution in [3.8, 4) is 0 Å². The van der Waals surface area contributed by atoms with E-state index in [9.17, 15) is 26.3 Å². The van der Waals surface area contributed by atoms with Gasteiger partial charge in [0.05, 0.1) is 6.42 Å². The molecule has 0 amide bonds. The summed E-state index contributed by atoms with van der Waals surface area (Å²) in [6.07, 6.45) is -11.3. The van der Waals surface area contributed by atoms with Crippen molar-refractivity contribution in [2.75, 3.05) is 0 Å². The van der Waals surface area contributed by atoms with E-state index in [1.165, 1.54) is 0 Å². The summed E-state index contributed by atoms with van der Waals surface area (Å²) in [5, 5.41) is 0. The number of halogens is 7. The van der Waals surface area contributed by atoms with Crippen LogP contribution in [-0.2, 0) is 0 Å². The molecule has 0 N–H and O–H groups in total. The standard InChI is InChI=1S/C4H3F6I/c5-3(6,7)1-2(11)4(8,9)10/h2H,1H2. The second-order valence-electron chi connectivity index (χ2n) is 1.83. The Kier molecular flexibility index (Phi) is 3.45. The summed E-state index contributed by atoms with van der Waals surface area (Å²) in [7, 11) is 0. The number of hydrogen-bond donors (Lipinski definition) is 0. The molecule has 7 heteroatoms. The van der Waals surface area contributed by atoms with E-state index in [1.807, 2.05) is 0 Å². The fourth-order valence-electron chi connectivity index (χ4n) is 0.319. The first kappa shape index (κ1) is 11.3. The van der Waals surface area contributed by atoms with Gasteiger partial charge < -0.3 is 0 Å². The van der Waals surface area contributed by atoms with Gasteiger partial charge in [0.25, 0.3) is 0 Å². The van der Waals surface area contributed by atoms with Crippen LogP contribution in [0.3, 0.4) is 0 Å². The van der Waals surface area contributed by atoms with Crippen LogP contribution < -0.4 is 0 Å². The predicted molar refractivity (Wildman–Crippen MR) is 34.5 cm³/mol. The van der Waals surface area contributed by atoms with Crippen molar-refractivity contribution in [2.24, 2.45) is 0 Å². The lowest BCUT2D eigenvalue weighted by Crippen LogP contribution is -2.28. The lowest BCUT2D eigenvalue weighted by molar-refractivity contribution is -0.175. The molecule has 0 saturated heterocycles. The zero-order valence-corrected chi connectivity index (χ0v) is 7.09. The molecule has 0 aromatic carbocycles. The highest BCUT2D eigenvalue weighted by Gasteiger charge is 2.44. The van der Waals surface area contributed by atoms with E-state index >= 15 is 0 Å². The summed E-state index contributed by atoms with van der Waals surface area (Å²) in [6, 6.07) is 0. The summed E-state index contributed by atoms with van der Waals surface area (Å²) >= 11 is 0.728. The maximum atomic E-state index is 11.5. The van der Waals surface area contributed by atoms with Crippen LogP contribution >= 0.6 is 22.6 Å². The lowest BCUT2D eigenvalue weighted by Gasteiger charge is -2.15. The van der Waals surface area contributed by atoms with E-state index in [0.29, 0.717) is 0 Å². The Morgan fingerprint density at radius 3 is 1.45 bits per heavy atom. The Bertz CT molecular complexity index is 124. The highest BCUT2D eigenvalue weighted by Crippen LogP contribution is 2.35. The molecule has 0 aliphatic rings. The van der Waals surface area contributed by atoms with Gasteiger partial charge in [-0.05, 0) is 0 Å². The second kappa shape index (κ2) is 3.36. The van der Waals surface area contributed by atoms with Gasteiger partial charge in [-0.2, -0.15) is 26.3 Å². The van der Waals surface area contributed by atoms with Crippen molar-refractivity contribution >= 4 is 22.6 Å². The van der Waals surface area contributed by atoms with Crippen LogP contribution in [0.4, 0.5) is 26.3 Å². The molecule has 1 atom stereocenters. The minimum absolute atomic E-state index is 0.728. The van der Waals surface area contributed by atoms with Gasteiger partial charge in [-0.25, -0.2) is 0 Å². The number of rotatable bonds is 1. The third-order valence-electron chi connectivity index (χ3n) is 0.766. The third-order valence-corrected chi connectivity index (χ3v) is 1.91. The SMILES string of the molecule is FC(F)(F)CC(I)C(F)(F)F. The first-order chi connectivity index (χ1) is 4.63. The van der Waals surface area contributed by atoms with Gasteiger partial charge in [0.2, 0.25) is 0 Å². The average Bonchev–Trinajstić information content (AvgIpc) is 1.56. The molecule has 11 heavy (non-hydrogen) atoms. The molecule has 0 aromatic rings. The number of alkyl halides is 7. The van der Waals surface area contributed by atoms with Gasteiger partial charge in [-0.3, -0.25) is 0 Å². The smallest absolute Gasteiger partial charge is 0.171 e. The second-order valence-corrected chi connectivity index (χ2v) is 3.33. The van der Waals surface area contributed by atoms with E-state index in [4.69, 9.17) is 0 Å². The molecule has 0 saturated carbocycles. The van der Waals surface area contributed by atoms with E-state index in [2.05, 4.69) is 0 Å². The Hall–Kier alpha value is 0.310. The van der Waals surface area contributed by atoms with Crippen LogP contribution in [0.2, 0.25) is 0 Å². The van der Waals surface area contributed by atoms with Crippen molar-refractivity contribution in [2.45, 2.75) is 22.7 Å². The minimum Gasteiger partial charge on any atom is -0.171 e. The highest BCUT2D eigenvalue weighted by atomic mass is 127. The van der Waals surface area contributed by atoms with E-state index < -0.39 is 22.7 Å². The molecule has 0 aliphatic heterocycles. The normalized spacial score (nSPS) is 16.6. The molecule has 0 heterocycles. The summed E-state index contributed by atoms with van der Waals surface area (Å²) < 4.78 is 66.1. The van der Waals surface area contributed by atoms with Gasteiger partial charge in [0, 0.05) is 0 Å². The Morgan fingerprint density at radius 1 is 1.00 bits per heavy atom. The third kappa shape index (κ3) is 5.57. The van der Waals surface area contributed by atoms with Crippen molar-refractivity contribution in [1.29, 1.82) is 0 Å². The molecule has 0 bridgehead atoms. The molecular weight excluding hydrogens is 289 g/mol. The average molecular weight is 292 g/mol. The van der Waals surface area contributed by atoms with Gasteiger partial charge in [0.15, 0.2) is 0 Å². The monoisotopic (exact) mass is 292 g/mol. The van der Waals surface area contributed by atoms with Crippen LogP contribution in [0.25, 0.3) is 0 Å². The fraction of sp³-hybridized carbons (Fsp3) is 1.00. The summed E-state index contributed by atoms with van der Waals surface area (Å²) in [6.45, 7) is 0. The van der Waals surface area contributed by atoms with Gasteiger partial charge in [-0.1, -0.05) is 22.6 Å². The molecule has 68 valence electrons. The first-order valence-electron chi connectivity index (χ1n) is 2.40. The van der Waals surface area contributed by atoms with Crippen molar-refractivity contribution < 1.29 is 26.3 Å². The highest BCUT2D eigenvalue weighted by molar-refractivity contribution is 14.1. The lowest BCUT2D eigenvalue weighted by atomic mass is 10.3. The predicted octanol–water partition coefficient (Wildman–Crippen LogP) is 3.30. The van der Waals surface area contributed by atoms with Crippen LogP contribution in [0, 0.1) is 0 Å². The quantitative estimate of drug-likeness (QED) is 0.395. The molecule has 0 spiro atoms. The van der Waals surface area contributed by atoms with Crippen molar-refractivity contribution in [3.05, 3.63) is 0 Å². The van der Waals surface area contributed by atoms with E-state index in [-0.39, 0.29) is 0 Å². The molecule has 0 nitrogen and oxygen atoms in total. The molecule has 0 aliphatic carbocycles. The van der Waals surface area contributed by atoms with E-state index in [0.717, 1.165) is 22.6 Å². The Balaban J connectivity index is 3.99. The minimum atomic E-state index is -4.77.